The van der Waals surface area contributed by atoms with E-state index in [1.807, 2.05) is 39.8 Å². The Bertz CT molecular complexity index is 503. The molecule has 116 valence electrons. The normalized spacial score (nSPS) is 10.7. The number of carboxylic acid groups (broad SMARTS) is 1. The largest absolute Gasteiger partial charge is 0.480 e. The molecule has 0 aliphatic heterocycles. The molecule has 5 nitrogen and oxygen atoms in total. The van der Waals surface area contributed by atoms with Gasteiger partial charge in [-0.2, -0.15) is 0 Å². The zero-order valence-corrected chi connectivity index (χ0v) is 13.2. The van der Waals surface area contributed by atoms with Gasteiger partial charge in [-0.3, -0.25) is 14.5 Å². The summed E-state index contributed by atoms with van der Waals surface area (Å²) in [7, 11) is 0. The van der Waals surface area contributed by atoms with Crippen LogP contribution in [-0.4, -0.2) is 41.5 Å². The van der Waals surface area contributed by atoms with Crippen LogP contribution in [0.25, 0.3) is 0 Å². The van der Waals surface area contributed by atoms with Crippen LogP contribution >= 0.6 is 0 Å². The van der Waals surface area contributed by atoms with Gasteiger partial charge in [-0.15, -0.1) is 0 Å². The number of carboxylic acids is 1. The van der Waals surface area contributed by atoms with Crippen molar-refractivity contribution in [2.45, 2.75) is 34.1 Å². The molecule has 1 aromatic rings. The number of aliphatic carboxylic acids is 1. The number of nitrogens with one attached hydrogen (secondary N) is 1. The lowest BCUT2D eigenvalue weighted by molar-refractivity contribution is -0.138. The van der Waals surface area contributed by atoms with Crippen LogP contribution in [0.2, 0.25) is 0 Å². The predicted octanol–water partition coefficient (Wildman–Crippen LogP) is 2.35. The van der Waals surface area contributed by atoms with E-state index in [2.05, 4.69) is 5.32 Å². The third-order valence-corrected chi connectivity index (χ3v) is 3.21. The molecule has 0 unspecified atom stereocenters. The summed E-state index contributed by atoms with van der Waals surface area (Å²) in [5, 5.41) is 11.8. The third-order valence-electron chi connectivity index (χ3n) is 3.21. The molecule has 0 bridgehead atoms. The van der Waals surface area contributed by atoms with Crippen molar-refractivity contribution in [2.24, 2.45) is 0 Å². The first-order valence-electron chi connectivity index (χ1n) is 7.15. The van der Waals surface area contributed by atoms with Crippen molar-refractivity contribution in [1.82, 2.24) is 4.90 Å². The molecule has 5 heteroatoms. The Morgan fingerprint density at radius 3 is 2.19 bits per heavy atom. The number of amides is 1. The summed E-state index contributed by atoms with van der Waals surface area (Å²) in [6.07, 6.45) is 0.809. The molecule has 0 saturated heterocycles. The summed E-state index contributed by atoms with van der Waals surface area (Å²) in [5.74, 6) is -1.10. The van der Waals surface area contributed by atoms with Gasteiger partial charge in [-0.1, -0.05) is 24.6 Å². The molecule has 2 N–H and O–H groups in total. The highest BCUT2D eigenvalue weighted by molar-refractivity contribution is 5.94. The van der Waals surface area contributed by atoms with Crippen LogP contribution in [0.15, 0.2) is 12.1 Å². The van der Waals surface area contributed by atoms with E-state index in [1.54, 1.807) is 4.90 Å². The Hall–Kier alpha value is -1.88. The van der Waals surface area contributed by atoms with Crippen molar-refractivity contribution >= 4 is 17.6 Å². The number of rotatable bonds is 7. The standard InChI is InChI=1S/C16H24N2O3/c1-5-6-18(10-15(20)21)9-14(19)17-16-12(3)7-11(2)8-13(16)4/h7-8H,5-6,9-10H2,1-4H3,(H,17,19)(H,20,21). The molecule has 0 atom stereocenters. The molecule has 1 aromatic carbocycles. The topological polar surface area (TPSA) is 69.6 Å². The van der Waals surface area contributed by atoms with E-state index < -0.39 is 5.97 Å². The van der Waals surface area contributed by atoms with E-state index in [1.165, 1.54) is 0 Å². The Morgan fingerprint density at radius 1 is 1.14 bits per heavy atom. The van der Waals surface area contributed by atoms with Gasteiger partial charge in [0.25, 0.3) is 0 Å². The SMILES string of the molecule is CCCN(CC(=O)O)CC(=O)Nc1c(C)cc(C)cc1C. The number of hydrogen-bond donors (Lipinski definition) is 2. The average Bonchev–Trinajstić information content (AvgIpc) is 2.33. The Labute approximate surface area is 126 Å². The van der Waals surface area contributed by atoms with E-state index in [0.29, 0.717) is 6.54 Å². The Kier molecular flexibility index (Phi) is 6.37. The minimum Gasteiger partial charge on any atom is -0.480 e. The van der Waals surface area contributed by atoms with Crippen LogP contribution in [0.4, 0.5) is 5.69 Å². The number of aryl methyl sites for hydroxylation is 3. The summed E-state index contributed by atoms with van der Waals surface area (Å²) < 4.78 is 0. The first-order chi connectivity index (χ1) is 9.83. The van der Waals surface area contributed by atoms with Crippen LogP contribution in [-0.2, 0) is 9.59 Å². The van der Waals surface area contributed by atoms with Crippen molar-refractivity contribution in [3.8, 4) is 0 Å². The number of benzene rings is 1. The van der Waals surface area contributed by atoms with E-state index in [0.717, 1.165) is 28.8 Å². The molecule has 1 rings (SSSR count). The minimum atomic E-state index is -0.918. The fourth-order valence-corrected chi connectivity index (χ4v) is 2.48. The van der Waals surface area contributed by atoms with Crippen molar-refractivity contribution in [2.75, 3.05) is 25.0 Å². The second-order valence-corrected chi connectivity index (χ2v) is 5.43. The predicted molar refractivity (Wildman–Crippen MR) is 83.6 cm³/mol. The lowest BCUT2D eigenvalue weighted by atomic mass is 10.1. The van der Waals surface area contributed by atoms with Gasteiger partial charge >= 0.3 is 5.97 Å². The number of anilines is 1. The van der Waals surface area contributed by atoms with Crippen molar-refractivity contribution < 1.29 is 14.7 Å². The van der Waals surface area contributed by atoms with E-state index in [4.69, 9.17) is 5.11 Å². The van der Waals surface area contributed by atoms with Gasteiger partial charge in [-0.25, -0.2) is 0 Å². The highest BCUT2D eigenvalue weighted by atomic mass is 16.4. The van der Waals surface area contributed by atoms with Crippen LogP contribution in [0, 0.1) is 20.8 Å². The van der Waals surface area contributed by atoms with Crippen molar-refractivity contribution in [3.63, 3.8) is 0 Å². The Morgan fingerprint density at radius 2 is 1.71 bits per heavy atom. The third kappa shape index (κ3) is 5.55. The molecule has 0 aliphatic rings. The van der Waals surface area contributed by atoms with Crippen molar-refractivity contribution in [3.05, 3.63) is 28.8 Å². The zero-order valence-electron chi connectivity index (χ0n) is 13.2. The molecule has 0 heterocycles. The summed E-state index contributed by atoms with van der Waals surface area (Å²) >= 11 is 0. The lowest BCUT2D eigenvalue weighted by Gasteiger charge is -2.20. The second kappa shape index (κ2) is 7.78. The van der Waals surface area contributed by atoms with Crippen LogP contribution in [0.1, 0.15) is 30.0 Å². The lowest BCUT2D eigenvalue weighted by Crippen LogP contribution is -2.37. The zero-order chi connectivity index (χ0) is 16.0. The Balaban J connectivity index is 2.74. The van der Waals surface area contributed by atoms with Gasteiger partial charge in [0.05, 0.1) is 13.1 Å². The van der Waals surface area contributed by atoms with Gasteiger partial charge in [-0.05, 0) is 44.9 Å². The maximum absolute atomic E-state index is 12.1. The molecule has 0 fully saturated rings. The number of hydrogen-bond acceptors (Lipinski definition) is 3. The number of carbonyl (C=O) groups excluding carboxylic acids is 1. The summed E-state index contributed by atoms with van der Waals surface area (Å²) in [4.78, 5) is 24.6. The molecule has 0 aromatic heterocycles. The molecular formula is C16H24N2O3. The summed E-state index contributed by atoms with van der Waals surface area (Å²) in [5.41, 5.74) is 4.00. The molecule has 1 amide bonds. The van der Waals surface area contributed by atoms with Gasteiger partial charge in [0.1, 0.15) is 0 Å². The molecule has 21 heavy (non-hydrogen) atoms. The average molecular weight is 292 g/mol. The first-order valence-corrected chi connectivity index (χ1v) is 7.15. The van der Waals surface area contributed by atoms with Gasteiger partial charge in [0, 0.05) is 5.69 Å². The van der Waals surface area contributed by atoms with E-state index in [-0.39, 0.29) is 19.0 Å². The van der Waals surface area contributed by atoms with Gasteiger partial charge in [0.15, 0.2) is 0 Å². The highest BCUT2D eigenvalue weighted by Crippen LogP contribution is 2.21. The number of nitrogens with zero attached hydrogens (tertiary/aromatic N) is 1. The molecular weight excluding hydrogens is 268 g/mol. The molecule has 0 saturated carbocycles. The van der Waals surface area contributed by atoms with Crippen LogP contribution in [0.5, 0.6) is 0 Å². The fraction of sp³-hybridized carbons (Fsp3) is 0.500. The summed E-state index contributed by atoms with van der Waals surface area (Å²) in [6, 6.07) is 4.04. The van der Waals surface area contributed by atoms with Crippen LogP contribution in [0.3, 0.4) is 0 Å². The van der Waals surface area contributed by atoms with E-state index >= 15 is 0 Å². The van der Waals surface area contributed by atoms with Crippen molar-refractivity contribution in [1.29, 1.82) is 0 Å². The molecule has 0 aliphatic carbocycles. The minimum absolute atomic E-state index is 0.0902. The highest BCUT2D eigenvalue weighted by Gasteiger charge is 2.14. The molecule has 0 radical (unpaired) electrons. The first kappa shape index (κ1) is 17.2. The summed E-state index contributed by atoms with van der Waals surface area (Å²) in [6.45, 7) is 8.45. The maximum atomic E-state index is 12.1. The van der Waals surface area contributed by atoms with Gasteiger partial charge < -0.3 is 10.4 Å². The fourth-order valence-electron chi connectivity index (χ4n) is 2.48. The maximum Gasteiger partial charge on any atom is 0.317 e. The van der Waals surface area contributed by atoms with E-state index in [9.17, 15) is 9.59 Å². The smallest absolute Gasteiger partial charge is 0.317 e. The second-order valence-electron chi connectivity index (χ2n) is 5.43. The quantitative estimate of drug-likeness (QED) is 0.809. The van der Waals surface area contributed by atoms with Crippen LogP contribution < -0.4 is 5.32 Å². The number of carbonyl (C=O) groups is 2. The van der Waals surface area contributed by atoms with Gasteiger partial charge in [0.2, 0.25) is 5.91 Å². The molecule has 0 spiro atoms. The monoisotopic (exact) mass is 292 g/mol.